The normalized spacial score (nSPS) is 10.1. The average Bonchev–Trinajstić information content (AvgIpc) is 2.49. The van der Waals surface area contributed by atoms with Crippen molar-refractivity contribution < 1.29 is 18.8 Å². The van der Waals surface area contributed by atoms with E-state index in [2.05, 4.69) is 53.1 Å². The van der Waals surface area contributed by atoms with Gasteiger partial charge in [0.2, 0.25) is 0 Å². The van der Waals surface area contributed by atoms with Crippen molar-refractivity contribution in [3.63, 3.8) is 0 Å². The van der Waals surface area contributed by atoms with Gasteiger partial charge in [-0.25, -0.2) is 4.79 Å². The Labute approximate surface area is 125 Å². The largest absolute Gasteiger partial charge is 0.750 e. The van der Waals surface area contributed by atoms with Gasteiger partial charge >= 0.3 is 14.2 Å². The highest BCUT2D eigenvalue weighted by Crippen LogP contribution is 2.17. The van der Waals surface area contributed by atoms with Crippen LogP contribution in [0.15, 0.2) is 60.7 Å². The van der Waals surface area contributed by atoms with Gasteiger partial charge < -0.3 is 0 Å². The van der Waals surface area contributed by atoms with E-state index in [0.717, 1.165) is 0 Å². The molecule has 2 aromatic carbocycles. The Hall–Kier alpha value is -2.03. The maximum absolute atomic E-state index is 10.3. The Bertz CT molecular complexity index is 518. The first-order chi connectivity index (χ1) is 10.1. The second kappa shape index (κ2) is 9.81. The Morgan fingerprint density at radius 1 is 1.00 bits per heavy atom. The molecular formula is C16H18O4P+. The summed E-state index contributed by atoms with van der Waals surface area (Å²) < 4.78 is 13.7. The molecule has 0 saturated heterocycles. The molecular weight excluding hydrogens is 287 g/mol. The predicted octanol–water partition coefficient (Wildman–Crippen LogP) is 4.33. The molecule has 0 aliphatic heterocycles. The van der Waals surface area contributed by atoms with E-state index in [4.69, 9.17) is 4.89 Å². The van der Waals surface area contributed by atoms with Crippen LogP contribution in [0.25, 0.3) is 11.1 Å². The van der Waals surface area contributed by atoms with E-state index < -0.39 is 14.2 Å². The number of hydrogen-bond donors (Lipinski definition) is 1. The molecule has 0 aliphatic rings. The van der Waals surface area contributed by atoms with Crippen LogP contribution in [0, 0.1) is 0 Å². The Morgan fingerprint density at radius 2 is 1.43 bits per heavy atom. The highest BCUT2D eigenvalue weighted by atomic mass is 31.1. The van der Waals surface area contributed by atoms with E-state index in [9.17, 15) is 9.36 Å². The third-order valence-electron chi connectivity index (χ3n) is 2.51. The Morgan fingerprint density at radius 3 is 1.76 bits per heavy atom. The molecule has 0 radical (unpaired) electrons. The van der Waals surface area contributed by atoms with Crippen LogP contribution < -0.4 is 0 Å². The lowest BCUT2D eigenvalue weighted by molar-refractivity contribution is -0.134. The quantitative estimate of drug-likeness (QED) is 0.854. The van der Waals surface area contributed by atoms with E-state index in [-0.39, 0.29) is 6.42 Å². The first-order valence-electron chi connectivity index (χ1n) is 6.61. The fourth-order valence-corrected chi connectivity index (χ4v) is 1.86. The highest BCUT2D eigenvalue weighted by molar-refractivity contribution is 7.32. The van der Waals surface area contributed by atoms with Crippen LogP contribution in [-0.4, -0.2) is 10.9 Å². The van der Waals surface area contributed by atoms with Gasteiger partial charge in [-0.1, -0.05) is 67.6 Å². The molecule has 4 nitrogen and oxygen atoms in total. The second-order valence-corrected chi connectivity index (χ2v) is 4.84. The van der Waals surface area contributed by atoms with Crippen molar-refractivity contribution in [1.82, 2.24) is 0 Å². The Kier molecular flexibility index (Phi) is 7.95. The van der Waals surface area contributed by atoms with Gasteiger partial charge in [0.05, 0.1) is 6.42 Å². The summed E-state index contributed by atoms with van der Waals surface area (Å²) in [5, 5.41) is 0. The lowest BCUT2D eigenvalue weighted by atomic mass is 10.1. The molecule has 110 valence electrons. The van der Waals surface area contributed by atoms with Gasteiger partial charge in [-0.3, -0.25) is 0 Å². The molecule has 2 rings (SSSR count). The van der Waals surface area contributed by atoms with Crippen molar-refractivity contribution in [3.05, 3.63) is 60.7 Å². The van der Waals surface area contributed by atoms with Crippen LogP contribution in [0.4, 0.5) is 0 Å². The molecule has 0 fully saturated rings. The summed E-state index contributed by atoms with van der Waals surface area (Å²) in [7, 11) is -2.75. The molecule has 0 bridgehead atoms. The lowest BCUT2D eigenvalue weighted by Crippen LogP contribution is -1.96. The van der Waals surface area contributed by atoms with Gasteiger partial charge in [-0.05, 0) is 17.5 Å². The molecule has 0 amide bonds. The fourth-order valence-electron chi connectivity index (χ4n) is 1.60. The molecule has 5 heteroatoms. The summed E-state index contributed by atoms with van der Waals surface area (Å²) in [6.45, 7) is 1.78. The van der Waals surface area contributed by atoms with Crippen molar-refractivity contribution >= 4 is 14.2 Å². The van der Waals surface area contributed by atoms with Gasteiger partial charge in [0.1, 0.15) is 0 Å². The average molecular weight is 305 g/mol. The predicted molar refractivity (Wildman–Crippen MR) is 82.7 cm³/mol. The van der Waals surface area contributed by atoms with Crippen molar-refractivity contribution in [2.24, 2.45) is 0 Å². The molecule has 1 N–H and O–H groups in total. The van der Waals surface area contributed by atoms with Gasteiger partial charge in [0.15, 0.2) is 0 Å². The standard InChI is InChI=1S/C12H10.C4H7O4P/c1-3-7-11(8-4-1)12-9-5-2-6-10-12;1-2-3-4(5)8-9(6)7/h1-10H;2-3H2,1H3/p+1. The zero-order valence-corrected chi connectivity index (χ0v) is 12.7. The number of carbonyl (C=O) groups is 1. The van der Waals surface area contributed by atoms with Gasteiger partial charge in [-0.15, -0.1) is 4.89 Å². The van der Waals surface area contributed by atoms with Crippen LogP contribution in [0.3, 0.4) is 0 Å². The molecule has 1 atom stereocenters. The van der Waals surface area contributed by atoms with E-state index >= 15 is 0 Å². The first-order valence-corrected chi connectivity index (χ1v) is 7.74. The van der Waals surface area contributed by atoms with Crippen molar-refractivity contribution in [2.75, 3.05) is 0 Å². The van der Waals surface area contributed by atoms with Gasteiger partial charge in [-0.2, -0.15) is 4.52 Å². The SMILES string of the molecule is CCCC(=O)O[P+](=O)O.c1ccc(-c2ccccc2)cc1. The second-order valence-electron chi connectivity index (χ2n) is 4.18. The topological polar surface area (TPSA) is 63.6 Å². The van der Waals surface area contributed by atoms with E-state index in [1.54, 1.807) is 6.92 Å². The van der Waals surface area contributed by atoms with Gasteiger partial charge in [0, 0.05) is 4.57 Å². The van der Waals surface area contributed by atoms with Crippen molar-refractivity contribution in [3.8, 4) is 11.1 Å². The summed E-state index contributed by atoms with van der Waals surface area (Å²) in [5.41, 5.74) is 2.55. The molecule has 21 heavy (non-hydrogen) atoms. The molecule has 1 unspecified atom stereocenters. The van der Waals surface area contributed by atoms with Crippen molar-refractivity contribution in [1.29, 1.82) is 0 Å². The highest BCUT2D eigenvalue weighted by Gasteiger charge is 2.18. The minimum absolute atomic E-state index is 0.196. The number of benzene rings is 2. The zero-order chi connectivity index (χ0) is 15.5. The third kappa shape index (κ3) is 7.35. The Balaban J connectivity index is 0.000000222. The summed E-state index contributed by atoms with van der Waals surface area (Å²) in [6.07, 6.45) is 0.823. The van der Waals surface area contributed by atoms with Gasteiger partial charge in [0.25, 0.3) is 0 Å². The third-order valence-corrected chi connectivity index (χ3v) is 2.87. The van der Waals surface area contributed by atoms with E-state index in [1.165, 1.54) is 11.1 Å². The maximum atomic E-state index is 10.3. The minimum atomic E-state index is -2.75. The molecule has 0 saturated carbocycles. The number of rotatable bonds is 4. The van der Waals surface area contributed by atoms with Crippen molar-refractivity contribution in [2.45, 2.75) is 19.8 Å². The molecule has 0 heterocycles. The zero-order valence-electron chi connectivity index (χ0n) is 11.8. The lowest BCUT2D eigenvalue weighted by Gasteiger charge is -1.98. The minimum Gasteiger partial charge on any atom is -0.247 e. The monoisotopic (exact) mass is 305 g/mol. The molecule has 0 spiro atoms. The maximum Gasteiger partial charge on any atom is 0.750 e. The molecule has 0 aliphatic carbocycles. The van der Waals surface area contributed by atoms with E-state index in [1.807, 2.05) is 12.1 Å². The summed E-state index contributed by atoms with van der Waals surface area (Å²) in [4.78, 5) is 18.3. The number of carbonyl (C=O) groups excluding carboxylic acids is 1. The van der Waals surface area contributed by atoms with Crippen LogP contribution in [0.5, 0.6) is 0 Å². The van der Waals surface area contributed by atoms with Crippen LogP contribution in [-0.2, 0) is 13.9 Å². The van der Waals surface area contributed by atoms with Crippen LogP contribution in [0.1, 0.15) is 19.8 Å². The van der Waals surface area contributed by atoms with Crippen LogP contribution >= 0.6 is 8.25 Å². The molecule has 0 aromatic heterocycles. The summed E-state index contributed by atoms with van der Waals surface area (Å²) >= 11 is 0. The smallest absolute Gasteiger partial charge is 0.247 e. The first kappa shape index (κ1) is 17.0. The van der Waals surface area contributed by atoms with Crippen LogP contribution in [0.2, 0.25) is 0 Å². The summed E-state index contributed by atoms with van der Waals surface area (Å²) in [5.74, 6) is -0.624. The van der Waals surface area contributed by atoms with E-state index in [0.29, 0.717) is 6.42 Å². The fraction of sp³-hybridized carbons (Fsp3) is 0.188. The summed E-state index contributed by atoms with van der Waals surface area (Å²) in [6, 6.07) is 20.8. The number of hydrogen-bond acceptors (Lipinski definition) is 3. The molecule has 2 aromatic rings.